The van der Waals surface area contributed by atoms with Gasteiger partial charge in [-0.1, -0.05) is 61.3 Å². The SMILES string of the molecule is C=CC=CC=C(C)c1cc(N(C(=O)C2CCC(C)CC2)C2CCN(Cc3ccc(OC)cc3)C(=O)C2)c(OC(=O)OC)s1. The highest BCUT2D eigenvalue weighted by Crippen LogP contribution is 2.44. The molecule has 0 spiro atoms. The fraction of sp³-hybridized carbons (Fsp3) is 0.441. The molecule has 0 radical (unpaired) electrons. The van der Waals surface area contributed by atoms with Gasteiger partial charge in [0.25, 0.3) is 0 Å². The molecule has 9 heteroatoms. The van der Waals surface area contributed by atoms with E-state index in [2.05, 4.69) is 13.5 Å². The largest absolute Gasteiger partial charge is 0.514 e. The number of nitrogens with zero attached hydrogens (tertiary/aromatic N) is 2. The maximum atomic E-state index is 14.3. The minimum Gasteiger partial charge on any atom is -0.497 e. The summed E-state index contributed by atoms with van der Waals surface area (Å²) in [6.45, 7) is 8.89. The van der Waals surface area contributed by atoms with Crippen LogP contribution >= 0.6 is 11.3 Å². The van der Waals surface area contributed by atoms with E-state index in [1.54, 1.807) is 18.1 Å². The van der Waals surface area contributed by atoms with Crippen molar-refractivity contribution in [2.45, 2.75) is 65.0 Å². The maximum absolute atomic E-state index is 14.3. The lowest BCUT2D eigenvalue weighted by atomic mass is 9.82. The molecule has 2 aliphatic rings. The average Bonchev–Trinajstić information content (AvgIpc) is 3.42. The van der Waals surface area contributed by atoms with Gasteiger partial charge in [0.15, 0.2) is 0 Å². The summed E-state index contributed by atoms with van der Waals surface area (Å²) >= 11 is 1.28. The number of carbonyl (C=O) groups excluding carboxylic acids is 3. The van der Waals surface area contributed by atoms with Crippen molar-refractivity contribution in [3.63, 3.8) is 0 Å². The highest BCUT2D eigenvalue weighted by atomic mass is 32.1. The summed E-state index contributed by atoms with van der Waals surface area (Å²) in [6, 6.07) is 9.23. The number of methoxy groups -OCH3 is 2. The van der Waals surface area contributed by atoms with Crippen LogP contribution in [0.2, 0.25) is 0 Å². The van der Waals surface area contributed by atoms with Crippen molar-refractivity contribution in [3.8, 4) is 10.8 Å². The van der Waals surface area contributed by atoms with Crippen molar-refractivity contribution in [1.82, 2.24) is 4.90 Å². The van der Waals surface area contributed by atoms with Crippen LogP contribution in [0.3, 0.4) is 0 Å². The minimum atomic E-state index is -0.855. The molecule has 8 nitrogen and oxygen atoms in total. The molecule has 1 aromatic carbocycles. The molecule has 1 aliphatic carbocycles. The van der Waals surface area contributed by atoms with E-state index >= 15 is 0 Å². The molecular weight excluding hydrogens is 564 g/mol. The van der Waals surface area contributed by atoms with Gasteiger partial charge in [-0.3, -0.25) is 9.59 Å². The van der Waals surface area contributed by atoms with Crippen molar-refractivity contribution in [2.75, 3.05) is 25.7 Å². The molecule has 4 rings (SSSR count). The topological polar surface area (TPSA) is 85.4 Å². The first-order valence-corrected chi connectivity index (χ1v) is 15.6. The number of likely N-dealkylation sites (tertiary alicyclic amines) is 1. The van der Waals surface area contributed by atoms with Crippen LogP contribution in [0.25, 0.3) is 5.57 Å². The molecule has 1 unspecified atom stereocenters. The van der Waals surface area contributed by atoms with E-state index in [1.807, 2.05) is 60.4 Å². The van der Waals surface area contributed by atoms with Crippen LogP contribution in [0.5, 0.6) is 10.8 Å². The van der Waals surface area contributed by atoms with E-state index in [0.29, 0.717) is 31.1 Å². The van der Waals surface area contributed by atoms with Crippen molar-refractivity contribution in [3.05, 3.63) is 71.7 Å². The summed E-state index contributed by atoms with van der Waals surface area (Å²) in [4.78, 5) is 44.6. The highest BCUT2D eigenvalue weighted by Gasteiger charge is 2.39. The van der Waals surface area contributed by atoms with Crippen LogP contribution in [0.15, 0.2) is 61.2 Å². The molecule has 1 atom stereocenters. The van der Waals surface area contributed by atoms with Gasteiger partial charge in [0, 0.05) is 36.3 Å². The monoisotopic (exact) mass is 606 g/mol. The first kappa shape index (κ1) is 32.1. The van der Waals surface area contributed by atoms with Crippen molar-refractivity contribution < 1.29 is 28.6 Å². The predicted molar refractivity (Wildman–Crippen MR) is 170 cm³/mol. The number of piperidine rings is 1. The quantitative estimate of drug-likeness (QED) is 0.207. The Hall–Kier alpha value is -3.85. The van der Waals surface area contributed by atoms with Crippen LogP contribution < -0.4 is 14.4 Å². The fourth-order valence-corrected chi connectivity index (χ4v) is 6.65. The van der Waals surface area contributed by atoms with E-state index < -0.39 is 6.16 Å². The van der Waals surface area contributed by atoms with Crippen molar-refractivity contribution in [2.24, 2.45) is 11.8 Å². The third-order valence-corrected chi connectivity index (χ3v) is 9.40. The van der Waals surface area contributed by atoms with E-state index in [4.69, 9.17) is 14.2 Å². The van der Waals surface area contributed by atoms with Gasteiger partial charge in [-0.05, 0) is 74.3 Å². The van der Waals surface area contributed by atoms with E-state index in [1.165, 1.54) is 18.4 Å². The lowest BCUT2D eigenvalue weighted by Crippen LogP contribution is -2.51. The molecule has 2 fully saturated rings. The molecular formula is C34H42N2O6S. The van der Waals surface area contributed by atoms with Crippen LogP contribution in [-0.4, -0.2) is 49.7 Å². The van der Waals surface area contributed by atoms with Crippen LogP contribution in [0, 0.1) is 11.8 Å². The fourth-order valence-electron chi connectivity index (χ4n) is 5.68. The Labute approximate surface area is 258 Å². The normalized spacial score (nSPS) is 21.0. The number of hydrogen-bond donors (Lipinski definition) is 0. The number of thiophene rings is 1. The van der Waals surface area contributed by atoms with Gasteiger partial charge in [0.05, 0.1) is 19.9 Å². The molecule has 43 heavy (non-hydrogen) atoms. The van der Waals surface area contributed by atoms with E-state index in [0.717, 1.165) is 47.4 Å². The van der Waals surface area contributed by atoms with Gasteiger partial charge in [0.1, 0.15) is 5.75 Å². The average molecular weight is 607 g/mol. The Morgan fingerprint density at radius 1 is 1.09 bits per heavy atom. The van der Waals surface area contributed by atoms with Gasteiger partial charge < -0.3 is 24.0 Å². The Morgan fingerprint density at radius 3 is 2.44 bits per heavy atom. The predicted octanol–water partition coefficient (Wildman–Crippen LogP) is 7.40. The summed E-state index contributed by atoms with van der Waals surface area (Å²) in [6.07, 6.45) is 10.9. The zero-order chi connectivity index (χ0) is 30.9. The molecule has 2 heterocycles. The summed E-state index contributed by atoms with van der Waals surface area (Å²) in [5.74, 6) is 1.17. The molecule has 230 valence electrons. The van der Waals surface area contributed by atoms with Gasteiger partial charge in [-0.25, -0.2) is 4.79 Å². The Kier molecular flexibility index (Phi) is 11.2. The van der Waals surface area contributed by atoms with Crippen LogP contribution in [0.4, 0.5) is 10.5 Å². The number of ether oxygens (including phenoxy) is 3. The second kappa shape index (κ2) is 15.0. The highest BCUT2D eigenvalue weighted by molar-refractivity contribution is 7.15. The summed E-state index contributed by atoms with van der Waals surface area (Å²) < 4.78 is 15.7. The lowest BCUT2D eigenvalue weighted by Gasteiger charge is -2.40. The summed E-state index contributed by atoms with van der Waals surface area (Å²) in [5, 5.41) is 0.285. The van der Waals surface area contributed by atoms with Crippen LogP contribution in [-0.2, 0) is 20.9 Å². The van der Waals surface area contributed by atoms with Gasteiger partial charge in [-0.15, -0.1) is 0 Å². The number of carbonyl (C=O) groups is 3. The molecule has 0 bridgehead atoms. The van der Waals surface area contributed by atoms with Gasteiger partial charge in [-0.2, -0.15) is 0 Å². The molecule has 1 aliphatic heterocycles. The molecule has 1 saturated heterocycles. The zero-order valence-corrected chi connectivity index (χ0v) is 26.4. The number of hydrogen-bond acceptors (Lipinski definition) is 7. The molecule has 1 saturated carbocycles. The third kappa shape index (κ3) is 8.16. The number of benzene rings is 1. The summed E-state index contributed by atoms with van der Waals surface area (Å²) in [7, 11) is 2.88. The van der Waals surface area contributed by atoms with Crippen LogP contribution in [0.1, 0.15) is 62.8 Å². The second-order valence-corrected chi connectivity index (χ2v) is 12.3. The zero-order valence-electron chi connectivity index (χ0n) is 25.5. The smallest absolute Gasteiger partial charge is 0.497 e. The number of amides is 2. The standard InChI is InChI=1S/C34H42N2O6S/c1-6-7-8-9-24(3)30-21-29(33(43-30)42-34(39)41-5)36(32(38)26-14-10-23(2)11-15-26)27-18-19-35(31(37)20-27)22-25-12-16-28(40-4)17-13-25/h6-9,12-13,16-17,21,23,26-27H,1,10-11,14-15,18-20,22H2,2-5H3. The van der Waals surface area contributed by atoms with Crippen molar-refractivity contribution in [1.29, 1.82) is 0 Å². The van der Waals surface area contributed by atoms with Gasteiger partial charge >= 0.3 is 6.16 Å². The molecule has 2 amide bonds. The Balaban J connectivity index is 1.66. The summed E-state index contributed by atoms with van der Waals surface area (Å²) in [5.41, 5.74) is 2.46. The second-order valence-electron chi connectivity index (χ2n) is 11.3. The molecule has 0 N–H and O–H groups in total. The third-order valence-electron chi connectivity index (χ3n) is 8.26. The lowest BCUT2D eigenvalue weighted by molar-refractivity contribution is -0.135. The molecule has 2 aromatic rings. The Morgan fingerprint density at radius 2 is 1.81 bits per heavy atom. The number of rotatable bonds is 10. The number of allylic oxidation sites excluding steroid dienone is 5. The van der Waals surface area contributed by atoms with Gasteiger partial charge in [0.2, 0.25) is 16.9 Å². The first-order chi connectivity index (χ1) is 20.7. The van der Waals surface area contributed by atoms with Crippen molar-refractivity contribution >= 4 is 40.6 Å². The van der Waals surface area contributed by atoms with E-state index in [9.17, 15) is 14.4 Å². The Bertz CT molecular complexity index is 1350. The first-order valence-electron chi connectivity index (χ1n) is 14.8. The minimum absolute atomic E-state index is 0.0134. The molecule has 1 aromatic heterocycles. The maximum Gasteiger partial charge on any atom is 0.514 e. The van der Waals surface area contributed by atoms with E-state index in [-0.39, 0.29) is 35.3 Å². The number of anilines is 1.